The lowest BCUT2D eigenvalue weighted by atomic mass is 10.0. The van der Waals surface area contributed by atoms with Gasteiger partial charge in [0.25, 0.3) is 0 Å². The maximum absolute atomic E-state index is 6.13. The van der Waals surface area contributed by atoms with Gasteiger partial charge in [-0.25, -0.2) is 0 Å². The topological polar surface area (TPSA) is 20.7 Å². The van der Waals surface area contributed by atoms with Crippen LogP contribution in [0.3, 0.4) is 0 Å². The van der Waals surface area contributed by atoms with Crippen molar-refractivity contribution in [2.45, 2.75) is 38.1 Å². The zero-order valence-corrected chi connectivity index (χ0v) is 12.4. The number of fused-ring (bicyclic) bond motifs is 1. The summed E-state index contributed by atoms with van der Waals surface area (Å²) in [7, 11) is 0. The van der Waals surface area contributed by atoms with Gasteiger partial charge < -0.3 is 9.55 Å². The molecule has 0 atom stereocenters. The number of nitrogens with one attached hydrogen (secondary N) is 1. The maximum atomic E-state index is 6.13. The number of rotatable bonds is 1. The van der Waals surface area contributed by atoms with Crippen LogP contribution in [0.1, 0.15) is 32.6 Å². The molecule has 2 nitrogen and oxygen atoms in total. The van der Waals surface area contributed by atoms with Gasteiger partial charge in [0.1, 0.15) is 0 Å². The summed E-state index contributed by atoms with van der Waals surface area (Å²) in [5, 5.41) is 1.14. The first kappa shape index (κ1) is 12.5. The van der Waals surface area contributed by atoms with Crippen LogP contribution in [0.2, 0.25) is 10.0 Å². The van der Waals surface area contributed by atoms with Crippen molar-refractivity contribution < 1.29 is 0 Å². The highest BCUT2D eigenvalue weighted by molar-refractivity contribution is 7.71. The second-order valence-corrected chi connectivity index (χ2v) is 6.45. The van der Waals surface area contributed by atoms with Crippen LogP contribution >= 0.6 is 35.4 Å². The van der Waals surface area contributed by atoms with Crippen molar-refractivity contribution in [2.24, 2.45) is 0 Å². The molecule has 2 aromatic rings. The van der Waals surface area contributed by atoms with Crippen LogP contribution in [-0.4, -0.2) is 9.55 Å². The van der Waals surface area contributed by atoms with Crippen LogP contribution in [-0.2, 0) is 5.54 Å². The number of halogens is 2. The standard InChI is InChI=1S/C13H14Cl2N2S/c1-13(4-2-3-5-13)17-11-7-9(15)8(14)6-10(11)16-12(17)18/h6-7H,2-5H2,1H3,(H,16,18). The summed E-state index contributed by atoms with van der Waals surface area (Å²) in [4.78, 5) is 3.23. The highest BCUT2D eigenvalue weighted by Gasteiger charge is 2.32. The Morgan fingerprint density at radius 3 is 2.50 bits per heavy atom. The molecule has 96 valence electrons. The monoisotopic (exact) mass is 300 g/mol. The number of hydrogen-bond acceptors (Lipinski definition) is 1. The Hall–Kier alpha value is -0.510. The fourth-order valence-corrected chi connectivity index (χ4v) is 3.75. The van der Waals surface area contributed by atoms with Gasteiger partial charge in [-0.05, 0) is 44.1 Å². The SMILES string of the molecule is CC1(n2c(=S)[nH]c3cc(Cl)c(Cl)cc32)CCCC1. The van der Waals surface area contributed by atoms with Crippen molar-refractivity contribution in [3.05, 3.63) is 26.9 Å². The van der Waals surface area contributed by atoms with Gasteiger partial charge in [0.15, 0.2) is 4.77 Å². The van der Waals surface area contributed by atoms with Crippen molar-refractivity contribution >= 4 is 46.5 Å². The molecule has 1 fully saturated rings. The predicted molar refractivity (Wildman–Crippen MR) is 79.3 cm³/mol. The Morgan fingerprint density at radius 2 is 1.83 bits per heavy atom. The van der Waals surface area contributed by atoms with E-state index in [0.717, 1.165) is 28.6 Å². The Balaban J connectivity index is 2.32. The van der Waals surface area contributed by atoms with Crippen LogP contribution in [0, 0.1) is 4.77 Å². The normalized spacial score (nSPS) is 18.6. The number of hydrogen-bond donors (Lipinski definition) is 1. The maximum Gasteiger partial charge on any atom is 0.178 e. The van der Waals surface area contributed by atoms with E-state index in [9.17, 15) is 0 Å². The number of imidazole rings is 1. The highest BCUT2D eigenvalue weighted by Crippen LogP contribution is 2.39. The van der Waals surface area contributed by atoms with Gasteiger partial charge in [-0.1, -0.05) is 36.0 Å². The third kappa shape index (κ3) is 1.80. The average molecular weight is 301 g/mol. The molecule has 0 bridgehead atoms. The summed E-state index contributed by atoms with van der Waals surface area (Å²) < 4.78 is 2.97. The fraction of sp³-hybridized carbons (Fsp3) is 0.462. The molecular weight excluding hydrogens is 287 g/mol. The number of aromatic amines is 1. The number of benzene rings is 1. The first-order chi connectivity index (χ1) is 8.51. The van der Waals surface area contributed by atoms with E-state index in [4.69, 9.17) is 35.4 Å². The lowest BCUT2D eigenvalue weighted by molar-refractivity contribution is 0.335. The van der Waals surface area contributed by atoms with E-state index in [2.05, 4.69) is 16.5 Å². The second-order valence-electron chi connectivity index (χ2n) is 5.25. The largest absolute Gasteiger partial charge is 0.331 e. The molecule has 1 saturated carbocycles. The summed E-state index contributed by atoms with van der Waals surface area (Å²) >= 11 is 17.6. The molecule has 0 aliphatic heterocycles. The minimum absolute atomic E-state index is 0.104. The molecule has 0 spiro atoms. The molecule has 5 heteroatoms. The van der Waals surface area contributed by atoms with Crippen LogP contribution in [0.5, 0.6) is 0 Å². The van der Waals surface area contributed by atoms with Gasteiger partial charge in [0.05, 0.1) is 21.1 Å². The van der Waals surface area contributed by atoms with Crippen molar-refractivity contribution in [2.75, 3.05) is 0 Å². The summed E-state index contributed by atoms with van der Waals surface area (Å²) in [6.45, 7) is 2.27. The molecule has 1 aliphatic carbocycles. The lowest BCUT2D eigenvalue weighted by Gasteiger charge is -2.26. The van der Waals surface area contributed by atoms with E-state index in [-0.39, 0.29) is 5.54 Å². The van der Waals surface area contributed by atoms with Crippen molar-refractivity contribution in [3.8, 4) is 0 Å². The molecule has 18 heavy (non-hydrogen) atoms. The molecule has 1 heterocycles. The minimum atomic E-state index is 0.104. The molecule has 1 aliphatic rings. The van der Waals surface area contributed by atoms with Gasteiger partial charge in [-0.2, -0.15) is 0 Å². The first-order valence-electron chi connectivity index (χ1n) is 6.11. The van der Waals surface area contributed by atoms with E-state index >= 15 is 0 Å². The van der Waals surface area contributed by atoms with Gasteiger partial charge in [0.2, 0.25) is 0 Å². The Morgan fingerprint density at radius 1 is 1.22 bits per heavy atom. The summed E-state index contributed by atoms with van der Waals surface area (Å²) in [5.41, 5.74) is 2.12. The molecular formula is C13H14Cl2N2S. The minimum Gasteiger partial charge on any atom is -0.331 e. The zero-order chi connectivity index (χ0) is 12.9. The third-order valence-corrected chi connectivity index (χ3v) is 4.95. The Bertz CT molecular complexity index is 665. The Labute approximate surface area is 121 Å². The third-order valence-electron chi connectivity index (χ3n) is 3.94. The number of H-pyrrole nitrogens is 1. The molecule has 1 aromatic carbocycles. The van der Waals surface area contributed by atoms with E-state index < -0.39 is 0 Å². The fourth-order valence-electron chi connectivity index (χ4n) is 3.00. The van der Waals surface area contributed by atoms with Crippen LogP contribution in [0.4, 0.5) is 0 Å². The lowest BCUT2D eigenvalue weighted by Crippen LogP contribution is -2.26. The van der Waals surface area contributed by atoms with Crippen LogP contribution in [0.15, 0.2) is 12.1 Å². The molecule has 3 rings (SSSR count). The average Bonchev–Trinajstić information content (AvgIpc) is 2.84. The summed E-state index contributed by atoms with van der Waals surface area (Å²) in [6.07, 6.45) is 4.83. The molecule has 0 saturated heterocycles. The predicted octanol–water partition coefficient (Wildman–Crippen LogP) is 5.29. The summed E-state index contributed by atoms with van der Waals surface area (Å²) in [5.74, 6) is 0. The molecule has 0 radical (unpaired) electrons. The quantitative estimate of drug-likeness (QED) is 0.709. The van der Waals surface area contributed by atoms with E-state index in [1.807, 2.05) is 12.1 Å². The van der Waals surface area contributed by atoms with Crippen LogP contribution in [0.25, 0.3) is 11.0 Å². The number of aromatic nitrogens is 2. The van der Waals surface area contributed by atoms with E-state index in [1.165, 1.54) is 12.8 Å². The smallest absolute Gasteiger partial charge is 0.178 e. The van der Waals surface area contributed by atoms with E-state index in [0.29, 0.717) is 10.0 Å². The van der Waals surface area contributed by atoms with Crippen molar-refractivity contribution in [3.63, 3.8) is 0 Å². The molecule has 0 amide bonds. The zero-order valence-electron chi connectivity index (χ0n) is 10.1. The first-order valence-corrected chi connectivity index (χ1v) is 7.28. The summed E-state index contributed by atoms with van der Waals surface area (Å²) in [6, 6.07) is 3.76. The molecule has 1 N–H and O–H groups in total. The molecule has 1 aromatic heterocycles. The van der Waals surface area contributed by atoms with Crippen molar-refractivity contribution in [1.82, 2.24) is 9.55 Å². The van der Waals surface area contributed by atoms with Gasteiger partial charge in [0, 0.05) is 5.54 Å². The van der Waals surface area contributed by atoms with Crippen LogP contribution < -0.4 is 0 Å². The van der Waals surface area contributed by atoms with Crippen molar-refractivity contribution in [1.29, 1.82) is 0 Å². The second kappa shape index (κ2) is 4.26. The Kier molecular flexibility index (Phi) is 2.96. The van der Waals surface area contributed by atoms with Gasteiger partial charge >= 0.3 is 0 Å². The molecule has 0 unspecified atom stereocenters. The highest BCUT2D eigenvalue weighted by atomic mass is 35.5. The van der Waals surface area contributed by atoms with E-state index in [1.54, 1.807) is 0 Å². The van der Waals surface area contributed by atoms with Gasteiger partial charge in [-0.15, -0.1) is 0 Å². The van der Waals surface area contributed by atoms with Gasteiger partial charge in [-0.3, -0.25) is 0 Å². The number of nitrogens with zero attached hydrogens (tertiary/aromatic N) is 1.